The van der Waals surface area contributed by atoms with Crippen LogP contribution in [0.15, 0.2) is 47.4 Å². The summed E-state index contributed by atoms with van der Waals surface area (Å²) >= 11 is 5.96. The van der Waals surface area contributed by atoms with E-state index >= 15 is 0 Å². The fourth-order valence-corrected chi connectivity index (χ4v) is 2.80. The van der Waals surface area contributed by atoms with Crippen LogP contribution in [-0.4, -0.2) is 14.8 Å². The molecule has 1 aromatic carbocycles. The molecule has 1 N–H and O–H groups in total. The number of alkyl halides is 3. The summed E-state index contributed by atoms with van der Waals surface area (Å²) in [7, 11) is 0. The lowest BCUT2D eigenvalue weighted by atomic mass is 10.1. The Hall–Kier alpha value is -2.54. The van der Waals surface area contributed by atoms with Crippen LogP contribution in [-0.2, 0) is 12.7 Å². The molecule has 130 valence electrons. The van der Waals surface area contributed by atoms with Gasteiger partial charge in [0.05, 0.1) is 28.4 Å². The average Bonchev–Trinajstić information content (AvgIpc) is 2.82. The van der Waals surface area contributed by atoms with Crippen molar-refractivity contribution < 1.29 is 13.2 Å². The van der Waals surface area contributed by atoms with E-state index in [-0.39, 0.29) is 16.3 Å². The highest BCUT2D eigenvalue weighted by atomic mass is 35.5. The van der Waals surface area contributed by atoms with Gasteiger partial charge < -0.3 is 0 Å². The van der Waals surface area contributed by atoms with Gasteiger partial charge in [0.2, 0.25) is 0 Å². The van der Waals surface area contributed by atoms with Gasteiger partial charge in [0, 0.05) is 11.9 Å². The molecule has 0 radical (unpaired) electrons. The lowest BCUT2D eigenvalue weighted by Crippen LogP contribution is -2.18. The molecule has 25 heavy (non-hydrogen) atoms. The molecule has 0 unspecified atom stereocenters. The molecule has 4 nitrogen and oxygen atoms in total. The molecule has 2 heterocycles. The molecular formula is C17H13ClF3N3O. The van der Waals surface area contributed by atoms with Gasteiger partial charge in [0.1, 0.15) is 0 Å². The molecule has 2 aromatic heterocycles. The van der Waals surface area contributed by atoms with Crippen molar-refractivity contribution in [1.82, 2.24) is 14.8 Å². The number of nitrogens with zero attached hydrogens (tertiary/aromatic N) is 2. The zero-order valence-electron chi connectivity index (χ0n) is 13.1. The van der Waals surface area contributed by atoms with Crippen molar-refractivity contribution in [2.75, 3.05) is 0 Å². The number of nitrogens with one attached hydrogen (secondary N) is 1. The molecule has 0 amide bonds. The summed E-state index contributed by atoms with van der Waals surface area (Å²) in [6, 6.07) is 10.1. The number of aryl methyl sites for hydroxylation is 1. The van der Waals surface area contributed by atoms with Crippen LogP contribution in [0, 0.1) is 6.92 Å². The van der Waals surface area contributed by atoms with E-state index in [9.17, 15) is 18.0 Å². The van der Waals surface area contributed by atoms with Crippen LogP contribution < -0.4 is 5.56 Å². The Morgan fingerprint density at radius 1 is 1.24 bits per heavy atom. The van der Waals surface area contributed by atoms with E-state index < -0.39 is 17.3 Å². The Bertz CT molecular complexity index is 962. The Balaban J connectivity index is 2.03. The topological polar surface area (TPSA) is 50.7 Å². The molecule has 3 rings (SSSR count). The van der Waals surface area contributed by atoms with Gasteiger partial charge >= 0.3 is 6.18 Å². The van der Waals surface area contributed by atoms with Crippen LogP contribution in [0.2, 0.25) is 5.02 Å². The third-order valence-corrected chi connectivity index (χ3v) is 4.01. The van der Waals surface area contributed by atoms with Gasteiger partial charge in [-0.1, -0.05) is 41.9 Å². The minimum atomic E-state index is -4.55. The predicted octanol–water partition coefficient (Wildman–Crippen LogP) is 4.27. The van der Waals surface area contributed by atoms with Crippen molar-refractivity contribution in [2.45, 2.75) is 19.6 Å². The van der Waals surface area contributed by atoms with Gasteiger partial charge in [-0.15, -0.1) is 0 Å². The summed E-state index contributed by atoms with van der Waals surface area (Å²) in [6.07, 6.45) is -3.87. The Kier molecular flexibility index (Phi) is 4.43. The summed E-state index contributed by atoms with van der Waals surface area (Å²) in [6.45, 7) is 1.95. The van der Waals surface area contributed by atoms with E-state index in [1.54, 1.807) is 6.92 Å². The van der Waals surface area contributed by atoms with Gasteiger partial charge in [-0.2, -0.15) is 13.2 Å². The number of pyridine rings is 1. The maximum atomic E-state index is 12.7. The van der Waals surface area contributed by atoms with Gasteiger partial charge in [0.25, 0.3) is 5.56 Å². The third-order valence-electron chi connectivity index (χ3n) is 3.73. The number of rotatable bonds is 3. The minimum Gasteiger partial charge on any atom is -0.299 e. The highest BCUT2D eigenvalue weighted by Crippen LogP contribution is 2.33. The van der Waals surface area contributed by atoms with Gasteiger partial charge in [-0.25, -0.2) is 4.68 Å². The summed E-state index contributed by atoms with van der Waals surface area (Å²) in [5, 5.41) is 2.69. The molecule has 0 aliphatic rings. The third kappa shape index (κ3) is 3.46. The zero-order chi connectivity index (χ0) is 18.2. The number of H-pyrrole nitrogens is 1. The van der Waals surface area contributed by atoms with Gasteiger partial charge in [-0.05, 0) is 18.6 Å². The molecule has 0 spiro atoms. The van der Waals surface area contributed by atoms with Crippen molar-refractivity contribution in [3.05, 3.63) is 74.8 Å². The maximum Gasteiger partial charge on any atom is 0.417 e. The molecule has 3 aromatic rings. The van der Waals surface area contributed by atoms with E-state index in [0.29, 0.717) is 18.4 Å². The monoisotopic (exact) mass is 367 g/mol. The van der Waals surface area contributed by atoms with E-state index in [1.165, 1.54) is 4.68 Å². The molecule has 0 fully saturated rings. The molecule has 0 aliphatic carbocycles. The molecule has 0 bridgehead atoms. The molecule has 0 saturated carbocycles. The van der Waals surface area contributed by atoms with E-state index in [0.717, 1.165) is 11.6 Å². The Morgan fingerprint density at radius 3 is 2.52 bits per heavy atom. The second kappa shape index (κ2) is 6.40. The lowest BCUT2D eigenvalue weighted by molar-refractivity contribution is -0.137. The molecule has 0 atom stereocenters. The van der Waals surface area contributed by atoms with Crippen molar-refractivity contribution in [3.8, 4) is 11.3 Å². The first-order chi connectivity index (χ1) is 11.8. The SMILES string of the molecule is Cc1[nH]n(Cc2ccccc2)c(=O)c1-c1ncc(C(F)(F)F)cc1Cl. The first-order valence-electron chi connectivity index (χ1n) is 7.34. The average molecular weight is 368 g/mol. The fourth-order valence-electron chi connectivity index (χ4n) is 2.54. The van der Waals surface area contributed by atoms with Crippen LogP contribution in [0.4, 0.5) is 13.2 Å². The predicted molar refractivity (Wildman–Crippen MR) is 88.6 cm³/mol. The van der Waals surface area contributed by atoms with Crippen molar-refractivity contribution in [2.24, 2.45) is 0 Å². The number of hydrogen-bond donors (Lipinski definition) is 1. The largest absolute Gasteiger partial charge is 0.417 e. The number of hydrogen-bond acceptors (Lipinski definition) is 2. The first kappa shape index (κ1) is 17.3. The van der Waals surface area contributed by atoms with Crippen molar-refractivity contribution in [1.29, 1.82) is 0 Å². The number of aromatic amines is 1. The highest BCUT2D eigenvalue weighted by Gasteiger charge is 2.32. The van der Waals surface area contributed by atoms with Crippen LogP contribution >= 0.6 is 11.6 Å². The Morgan fingerprint density at radius 2 is 1.92 bits per heavy atom. The van der Waals surface area contributed by atoms with Gasteiger partial charge in [0.15, 0.2) is 0 Å². The molecule has 0 saturated heterocycles. The lowest BCUT2D eigenvalue weighted by Gasteiger charge is -2.08. The summed E-state index contributed by atoms with van der Waals surface area (Å²) in [5.74, 6) is 0. The highest BCUT2D eigenvalue weighted by molar-refractivity contribution is 6.33. The minimum absolute atomic E-state index is 0.0280. The van der Waals surface area contributed by atoms with E-state index in [2.05, 4.69) is 10.1 Å². The van der Waals surface area contributed by atoms with E-state index in [4.69, 9.17) is 11.6 Å². The molecule has 8 heteroatoms. The number of halogens is 4. The van der Waals surface area contributed by atoms with Gasteiger partial charge in [-0.3, -0.25) is 14.9 Å². The summed E-state index contributed by atoms with van der Waals surface area (Å²) in [4.78, 5) is 16.4. The number of aromatic nitrogens is 3. The standard InChI is InChI=1S/C17H13ClF3N3O/c1-10-14(15-13(18)7-12(8-22-15)17(19,20)21)16(25)24(23-10)9-11-5-3-2-4-6-11/h2-8,23H,9H2,1H3. The Labute approximate surface area is 145 Å². The smallest absolute Gasteiger partial charge is 0.299 e. The van der Waals surface area contributed by atoms with E-state index in [1.807, 2.05) is 30.3 Å². The quantitative estimate of drug-likeness (QED) is 0.751. The second-order valence-electron chi connectivity index (χ2n) is 5.54. The summed E-state index contributed by atoms with van der Waals surface area (Å²) in [5.41, 5.74) is 0.225. The zero-order valence-corrected chi connectivity index (χ0v) is 13.8. The molecule has 0 aliphatic heterocycles. The normalized spacial score (nSPS) is 11.7. The molecular weight excluding hydrogens is 355 g/mol. The van der Waals surface area contributed by atoms with Crippen molar-refractivity contribution in [3.63, 3.8) is 0 Å². The van der Waals surface area contributed by atoms with Crippen molar-refractivity contribution >= 4 is 11.6 Å². The first-order valence-corrected chi connectivity index (χ1v) is 7.71. The van der Waals surface area contributed by atoms with Crippen LogP contribution in [0.25, 0.3) is 11.3 Å². The summed E-state index contributed by atoms with van der Waals surface area (Å²) < 4.78 is 39.6. The second-order valence-corrected chi connectivity index (χ2v) is 5.95. The van der Waals surface area contributed by atoms with Crippen LogP contribution in [0.3, 0.4) is 0 Å². The fraction of sp³-hybridized carbons (Fsp3) is 0.176. The van der Waals surface area contributed by atoms with Crippen LogP contribution in [0.5, 0.6) is 0 Å². The van der Waals surface area contributed by atoms with Crippen LogP contribution in [0.1, 0.15) is 16.8 Å². The maximum absolute atomic E-state index is 12.7. The number of benzene rings is 1.